The monoisotopic (exact) mass is 292 g/mol. The van der Waals surface area contributed by atoms with Crippen LogP contribution in [0.3, 0.4) is 0 Å². The number of rotatable bonds is 5. The first kappa shape index (κ1) is 15.4. The van der Waals surface area contributed by atoms with Crippen LogP contribution < -0.4 is 0 Å². The van der Waals surface area contributed by atoms with Gasteiger partial charge in [0.05, 0.1) is 6.61 Å². The number of esters is 1. The van der Waals surface area contributed by atoms with Crippen LogP contribution in [-0.2, 0) is 16.0 Å². The third-order valence-corrected chi connectivity index (χ3v) is 3.36. The Balaban J connectivity index is 2.11. The number of ether oxygens (including phenoxy) is 1. The molecule has 2 aromatic rings. The highest BCUT2D eigenvalue weighted by Crippen LogP contribution is 2.24. The van der Waals surface area contributed by atoms with E-state index in [0.29, 0.717) is 0 Å². The number of fused-ring (bicyclic) bond motifs is 1. The van der Waals surface area contributed by atoms with E-state index in [1.54, 1.807) is 0 Å². The van der Waals surface area contributed by atoms with Gasteiger partial charge in [-0.2, -0.15) is 8.78 Å². The third kappa shape index (κ3) is 3.78. The van der Waals surface area contributed by atoms with E-state index in [-0.39, 0.29) is 13.0 Å². The van der Waals surface area contributed by atoms with Gasteiger partial charge < -0.3 is 4.74 Å². The van der Waals surface area contributed by atoms with Crippen LogP contribution in [-0.4, -0.2) is 18.5 Å². The Hall–Kier alpha value is -1.97. The van der Waals surface area contributed by atoms with Crippen LogP contribution in [0.1, 0.15) is 24.5 Å². The summed E-state index contributed by atoms with van der Waals surface area (Å²) in [6.45, 7) is 3.46. The van der Waals surface area contributed by atoms with Gasteiger partial charge in [0.15, 0.2) is 0 Å². The number of hydrogen-bond donors (Lipinski definition) is 0. The highest BCUT2D eigenvalue weighted by Gasteiger charge is 2.39. The Labute approximate surface area is 122 Å². The van der Waals surface area contributed by atoms with Crippen molar-refractivity contribution >= 4 is 16.7 Å². The van der Waals surface area contributed by atoms with E-state index in [9.17, 15) is 13.6 Å². The lowest BCUT2D eigenvalue weighted by Crippen LogP contribution is -2.31. The zero-order valence-electron chi connectivity index (χ0n) is 12.2. The molecule has 0 N–H and O–H groups in total. The zero-order valence-corrected chi connectivity index (χ0v) is 12.2. The first-order valence-corrected chi connectivity index (χ1v) is 6.97. The van der Waals surface area contributed by atoms with Crippen molar-refractivity contribution in [3.8, 4) is 0 Å². The quantitative estimate of drug-likeness (QED) is 0.769. The predicted octanol–water partition coefficient (Wildman–Crippen LogP) is 4.28. The van der Waals surface area contributed by atoms with Crippen molar-refractivity contribution in [1.29, 1.82) is 0 Å². The van der Waals surface area contributed by atoms with Crippen molar-refractivity contribution in [3.63, 3.8) is 0 Å². The van der Waals surface area contributed by atoms with Gasteiger partial charge in [-0.25, -0.2) is 4.79 Å². The van der Waals surface area contributed by atoms with E-state index < -0.39 is 18.3 Å². The average molecular weight is 292 g/mol. The molecular formula is C17H18F2O2. The normalized spacial score (nSPS) is 11.6. The number of alkyl halides is 2. The summed E-state index contributed by atoms with van der Waals surface area (Å²) >= 11 is 0. The summed E-state index contributed by atoms with van der Waals surface area (Å²) in [5.41, 5.74) is 1.91. The van der Waals surface area contributed by atoms with Gasteiger partial charge in [-0.1, -0.05) is 42.0 Å². The van der Waals surface area contributed by atoms with Gasteiger partial charge in [0, 0.05) is 6.42 Å². The molecule has 0 aromatic heterocycles. The Morgan fingerprint density at radius 3 is 2.57 bits per heavy atom. The minimum atomic E-state index is -3.43. The Morgan fingerprint density at radius 1 is 1.14 bits per heavy atom. The summed E-state index contributed by atoms with van der Waals surface area (Å²) in [7, 11) is 0. The summed E-state index contributed by atoms with van der Waals surface area (Å²) in [5, 5.41) is 2.09. The molecule has 0 amide bonds. The molecule has 112 valence electrons. The molecule has 4 heteroatoms. The molecule has 0 saturated heterocycles. The molecule has 0 aliphatic carbocycles. The molecule has 2 nitrogen and oxygen atoms in total. The molecule has 2 aromatic carbocycles. The van der Waals surface area contributed by atoms with E-state index >= 15 is 0 Å². The summed E-state index contributed by atoms with van der Waals surface area (Å²) in [5.74, 6) is -4.88. The molecule has 0 spiro atoms. The van der Waals surface area contributed by atoms with Crippen LogP contribution >= 0.6 is 0 Å². The average Bonchev–Trinajstić information content (AvgIpc) is 2.45. The van der Waals surface area contributed by atoms with Crippen molar-refractivity contribution in [2.45, 2.75) is 32.6 Å². The van der Waals surface area contributed by atoms with Crippen LogP contribution in [0.15, 0.2) is 36.4 Å². The SMILES string of the molecule is CCOC(=O)C(F)(F)CCc1ccc2ccc(C)cc2c1. The highest BCUT2D eigenvalue weighted by atomic mass is 19.3. The molecule has 0 aliphatic heterocycles. The number of carbonyl (C=O) groups is 1. The number of halogens is 2. The fraction of sp³-hybridized carbons (Fsp3) is 0.353. The van der Waals surface area contributed by atoms with Crippen molar-refractivity contribution in [1.82, 2.24) is 0 Å². The molecule has 0 heterocycles. The van der Waals surface area contributed by atoms with Crippen LogP contribution in [0.4, 0.5) is 8.78 Å². The van der Waals surface area contributed by atoms with E-state index in [1.807, 2.05) is 43.3 Å². The summed E-state index contributed by atoms with van der Waals surface area (Å²) in [4.78, 5) is 11.2. The van der Waals surface area contributed by atoms with Crippen molar-refractivity contribution in [3.05, 3.63) is 47.5 Å². The molecule has 0 unspecified atom stereocenters. The Kier molecular flexibility index (Phi) is 4.56. The first-order valence-electron chi connectivity index (χ1n) is 6.97. The minimum absolute atomic E-state index is 0.0380. The smallest absolute Gasteiger partial charge is 0.376 e. The van der Waals surface area contributed by atoms with Gasteiger partial charge in [-0.05, 0) is 36.6 Å². The highest BCUT2D eigenvalue weighted by molar-refractivity contribution is 5.83. The van der Waals surface area contributed by atoms with Crippen LogP contribution in [0.2, 0.25) is 0 Å². The largest absolute Gasteiger partial charge is 0.462 e. The van der Waals surface area contributed by atoms with E-state index in [1.165, 1.54) is 6.92 Å². The molecule has 0 saturated carbocycles. The molecule has 2 rings (SSSR count). The van der Waals surface area contributed by atoms with Gasteiger partial charge in [0.25, 0.3) is 0 Å². The lowest BCUT2D eigenvalue weighted by molar-refractivity contribution is -0.172. The summed E-state index contributed by atoms with van der Waals surface area (Å²) in [6, 6.07) is 11.6. The molecule has 21 heavy (non-hydrogen) atoms. The molecular weight excluding hydrogens is 274 g/mol. The zero-order chi connectivity index (χ0) is 15.5. The Bertz CT molecular complexity index is 650. The lowest BCUT2D eigenvalue weighted by atomic mass is 10.0. The van der Waals surface area contributed by atoms with Crippen LogP contribution in [0.5, 0.6) is 0 Å². The standard InChI is InChI=1S/C17H18F2O2/c1-3-21-16(20)17(18,19)9-8-13-5-7-14-6-4-12(2)10-15(14)11-13/h4-7,10-11H,3,8-9H2,1-2H3. The molecule has 0 radical (unpaired) electrons. The van der Waals surface area contributed by atoms with Crippen LogP contribution in [0, 0.1) is 6.92 Å². The fourth-order valence-corrected chi connectivity index (χ4v) is 2.21. The number of carbonyl (C=O) groups excluding carboxylic acids is 1. The van der Waals surface area contributed by atoms with E-state index in [4.69, 9.17) is 0 Å². The number of hydrogen-bond acceptors (Lipinski definition) is 2. The second-order valence-electron chi connectivity index (χ2n) is 5.11. The van der Waals surface area contributed by atoms with Gasteiger partial charge in [-0.15, -0.1) is 0 Å². The Morgan fingerprint density at radius 2 is 1.86 bits per heavy atom. The molecule has 0 fully saturated rings. The van der Waals surface area contributed by atoms with Gasteiger partial charge in [0.2, 0.25) is 0 Å². The predicted molar refractivity (Wildman–Crippen MR) is 78.6 cm³/mol. The second-order valence-corrected chi connectivity index (χ2v) is 5.11. The van der Waals surface area contributed by atoms with Crippen LogP contribution in [0.25, 0.3) is 10.8 Å². The number of benzene rings is 2. The van der Waals surface area contributed by atoms with Gasteiger partial charge in [0.1, 0.15) is 0 Å². The molecule has 0 atom stereocenters. The molecule has 0 aliphatic rings. The van der Waals surface area contributed by atoms with Crippen molar-refractivity contribution in [2.24, 2.45) is 0 Å². The lowest BCUT2D eigenvalue weighted by Gasteiger charge is -2.14. The summed E-state index contributed by atoms with van der Waals surface area (Å²) in [6.07, 6.45) is -0.404. The second kappa shape index (κ2) is 6.20. The maximum atomic E-state index is 13.6. The molecule has 0 bridgehead atoms. The maximum absolute atomic E-state index is 13.6. The topological polar surface area (TPSA) is 26.3 Å². The van der Waals surface area contributed by atoms with E-state index in [2.05, 4.69) is 4.74 Å². The van der Waals surface area contributed by atoms with Crippen molar-refractivity contribution in [2.75, 3.05) is 6.61 Å². The minimum Gasteiger partial charge on any atom is -0.462 e. The maximum Gasteiger partial charge on any atom is 0.376 e. The van der Waals surface area contributed by atoms with Crippen molar-refractivity contribution < 1.29 is 18.3 Å². The van der Waals surface area contributed by atoms with Gasteiger partial charge >= 0.3 is 11.9 Å². The fourth-order valence-electron chi connectivity index (χ4n) is 2.21. The first-order chi connectivity index (χ1) is 9.92. The van der Waals surface area contributed by atoms with E-state index in [0.717, 1.165) is 21.9 Å². The number of aryl methyl sites for hydroxylation is 2. The summed E-state index contributed by atoms with van der Waals surface area (Å²) < 4.78 is 31.6. The van der Waals surface area contributed by atoms with Gasteiger partial charge in [-0.3, -0.25) is 0 Å². The third-order valence-electron chi connectivity index (χ3n) is 3.36.